The zero-order valence-electron chi connectivity index (χ0n) is 39.8. The van der Waals surface area contributed by atoms with E-state index in [1.165, 1.54) is 33.5 Å². The van der Waals surface area contributed by atoms with Crippen molar-refractivity contribution in [1.82, 2.24) is 9.55 Å². The smallest absolute Gasteiger partial charge is 0.137 e. The summed E-state index contributed by atoms with van der Waals surface area (Å²) in [6.45, 7) is 9.57. The summed E-state index contributed by atoms with van der Waals surface area (Å²) < 4.78 is 9.39. The number of aryl methyl sites for hydroxylation is 1. The molecule has 1 aliphatic heterocycles. The van der Waals surface area contributed by atoms with E-state index < -0.39 is 0 Å². The average molecular weight is 905 g/mol. The first-order valence-corrected chi connectivity index (χ1v) is 24.1. The minimum absolute atomic E-state index is 0.0254. The van der Waals surface area contributed by atoms with Gasteiger partial charge in [-0.05, 0) is 93.7 Å². The lowest BCUT2D eigenvalue weighted by Gasteiger charge is -2.27. The maximum absolute atomic E-state index is 7.09. The number of ether oxygens (including phenoxy) is 1. The van der Waals surface area contributed by atoms with Crippen LogP contribution >= 0.6 is 0 Å². The van der Waals surface area contributed by atoms with Crippen LogP contribution in [0.5, 0.6) is 11.5 Å². The summed E-state index contributed by atoms with van der Waals surface area (Å²) in [4.78, 5) is 10.0. The van der Waals surface area contributed by atoms with Gasteiger partial charge in [0.15, 0.2) is 0 Å². The lowest BCUT2D eigenvalue weighted by atomic mass is 9.86. The monoisotopic (exact) mass is 904 g/mol. The van der Waals surface area contributed by atoms with Crippen LogP contribution in [0.15, 0.2) is 231 Å². The van der Waals surface area contributed by atoms with Gasteiger partial charge in [-0.2, -0.15) is 0 Å². The molecule has 1 aliphatic rings. The van der Waals surface area contributed by atoms with Gasteiger partial charge < -0.3 is 14.5 Å². The molecule has 0 fully saturated rings. The van der Waals surface area contributed by atoms with Gasteiger partial charge in [-0.1, -0.05) is 191 Å². The van der Waals surface area contributed by atoms with Crippen LogP contribution in [0.1, 0.15) is 31.9 Å². The molecule has 0 amide bonds. The first kappa shape index (κ1) is 42.7. The van der Waals surface area contributed by atoms with Gasteiger partial charge in [0.05, 0.1) is 28.1 Å². The van der Waals surface area contributed by atoms with E-state index >= 15 is 0 Å². The number of fused-ring (bicyclic) bond motifs is 4. The molecule has 0 atom stereocenters. The van der Waals surface area contributed by atoms with Gasteiger partial charge in [0.1, 0.15) is 24.0 Å². The third-order valence-electron chi connectivity index (χ3n) is 13.8. The first-order chi connectivity index (χ1) is 34.3. The van der Waals surface area contributed by atoms with Crippen LogP contribution in [-0.2, 0) is 5.41 Å². The summed E-state index contributed by atoms with van der Waals surface area (Å²) in [6, 6.07) is 80.2. The highest BCUT2D eigenvalue weighted by Gasteiger charge is 2.31. The molecule has 0 bridgehead atoms. The van der Waals surface area contributed by atoms with Crippen molar-refractivity contribution < 1.29 is 4.74 Å². The molecule has 0 radical (unpaired) electrons. The Hall–Kier alpha value is -8.67. The van der Waals surface area contributed by atoms with E-state index in [2.05, 4.69) is 267 Å². The van der Waals surface area contributed by atoms with Crippen molar-refractivity contribution in [2.75, 3.05) is 16.5 Å². The van der Waals surface area contributed by atoms with E-state index in [1.54, 1.807) is 0 Å². The fraction of sp³-hybridized carbons (Fsp3) is 0.0923. The van der Waals surface area contributed by atoms with Crippen molar-refractivity contribution in [3.05, 3.63) is 242 Å². The van der Waals surface area contributed by atoms with Crippen molar-refractivity contribution in [1.29, 1.82) is 0 Å². The molecule has 11 aromatic rings. The van der Waals surface area contributed by atoms with Crippen LogP contribution in [0.3, 0.4) is 0 Å². The van der Waals surface area contributed by atoms with Crippen LogP contribution < -0.4 is 14.5 Å². The maximum atomic E-state index is 7.09. The van der Waals surface area contributed by atoms with Gasteiger partial charge in [0, 0.05) is 51.5 Å². The second-order valence-electron chi connectivity index (χ2n) is 19.3. The number of para-hydroxylation sites is 4. The number of hydrogen-bond acceptors (Lipinski definition) is 4. The minimum atomic E-state index is 0.0254. The summed E-state index contributed by atoms with van der Waals surface area (Å²) in [5.74, 6) is 2.35. The molecule has 0 unspecified atom stereocenters. The number of pyridine rings is 1. The van der Waals surface area contributed by atoms with E-state index in [-0.39, 0.29) is 5.41 Å². The fourth-order valence-electron chi connectivity index (χ4n) is 10.3. The largest absolute Gasteiger partial charge is 0.457 e. The standard InChI is InChI=1S/C65H52N4O/c1-44-38-62(66-42-57(44)47-24-12-7-13-25-47)69-58-31-15-14-28-55(58)63-56(48-34-36-49(37-35-48)65(2,3)4)40-52(41-61(63)69)70-51-27-18-26-50(39-51)67-43-68(60-33-17-16-32-59(60)67)64-53(45-20-8-5-9-21-45)29-19-30-54(64)46-22-10-6-11-23-46/h5-42H,43H2,1-4H3. The van der Waals surface area contributed by atoms with E-state index in [0.717, 1.165) is 84.0 Å². The topological polar surface area (TPSA) is 33.5 Å². The van der Waals surface area contributed by atoms with Gasteiger partial charge in [-0.25, -0.2) is 4.98 Å². The summed E-state index contributed by atoms with van der Waals surface area (Å²) in [7, 11) is 0. The highest BCUT2D eigenvalue weighted by molar-refractivity contribution is 6.16. The molecule has 9 aromatic carbocycles. The Balaban J connectivity index is 0.976. The highest BCUT2D eigenvalue weighted by Crippen LogP contribution is 2.51. The van der Waals surface area contributed by atoms with Gasteiger partial charge in [0.2, 0.25) is 0 Å². The van der Waals surface area contributed by atoms with Crippen molar-refractivity contribution in [3.8, 4) is 61.8 Å². The molecule has 0 N–H and O–H groups in total. The predicted octanol–water partition coefficient (Wildman–Crippen LogP) is 17.5. The van der Waals surface area contributed by atoms with E-state index in [4.69, 9.17) is 9.72 Å². The molecule has 0 spiro atoms. The van der Waals surface area contributed by atoms with Crippen molar-refractivity contribution >= 4 is 44.6 Å². The molecule has 3 heterocycles. The van der Waals surface area contributed by atoms with E-state index in [0.29, 0.717) is 6.67 Å². The Morgan fingerprint density at radius 1 is 0.457 bits per heavy atom. The number of hydrogen-bond donors (Lipinski definition) is 0. The lowest BCUT2D eigenvalue weighted by Crippen LogP contribution is -2.24. The Kier molecular flexibility index (Phi) is 10.6. The SMILES string of the molecule is Cc1cc(-n2c3ccccc3c3c(-c4ccc(C(C)(C)C)cc4)cc(Oc4cccc(N5CN(c6c(-c7ccccc7)cccc6-c6ccccc6)c6ccccc65)c4)cc32)ncc1-c1ccccc1. The quantitative estimate of drug-likeness (QED) is 0.144. The van der Waals surface area contributed by atoms with Crippen LogP contribution in [0.4, 0.5) is 22.7 Å². The van der Waals surface area contributed by atoms with E-state index in [1.807, 2.05) is 6.20 Å². The van der Waals surface area contributed by atoms with Crippen LogP contribution in [-0.4, -0.2) is 16.2 Å². The second-order valence-corrected chi connectivity index (χ2v) is 19.3. The zero-order chi connectivity index (χ0) is 47.3. The van der Waals surface area contributed by atoms with Gasteiger partial charge in [-0.15, -0.1) is 0 Å². The maximum Gasteiger partial charge on any atom is 0.137 e. The number of rotatable bonds is 9. The van der Waals surface area contributed by atoms with Crippen LogP contribution in [0, 0.1) is 6.92 Å². The normalized spacial score (nSPS) is 12.5. The summed E-state index contributed by atoms with van der Waals surface area (Å²) in [6.07, 6.45) is 2.01. The van der Waals surface area contributed by atoms with E-state index in [9.17, 15) is 0 Å². The fourth-order valence-corrected chi connectivity index (χ4v) is 10.3. The number of benzene rings is 9. The molecular weight excluding hydrogens is 853 g/mol. The summed E-state index contributed by atoms with van der Waals surface area (Å²) >= 11 is 0. The molecule has 0 aliphatic carbocycles. The molecule has 70 heavy (non-hydrogen) atoms. The molecule has 0 saturated heterocycles. The minimum Gasteiger partial charge on any atom is -0.457 e. The van der Waals surface area contributed by atoms with Crippen LogP contribution in [0.25, 0.3) is 72.1 Å². The molecule has 338 valence electrons. The predicted molar refractivity (Wildman–Crippen MR) is 292 cm³/mol. The number of nitrogens with zero attached hydrogens (tertiary/aromatic N) is 4. The van der Waals surface area contributed by atoms with Crippen molar-refractivity contribution in [2.45, 2.75) is 33.1 Å². The molecular formula is C65H52N4O. The molecule has 5 nitrogen and oxygen atoms in total. The Labute approximate surface area is 410 Å². The van der Waals surface area contributed by atoms with Crippen molar-refractivity contribution in [2.24, 2.45) is 0 Å². The van der Waals surface area contributed by atoms with Gasteiger partial charge in [0.25, 0.3) is 0 Å². The average Bonchev–Trinajstić information content (AvgIpc) is 3.95. The third kappa shape index (κ3) is 7.66. The second kappa shape index (κ2) is 17.4. The zero-order valence-corrected chi connectivity index (χ0v) is 39.8. The molecule has 12 rings (SSSR count). The lowest BCUT2D eigenvalue weighted by molar-refractivity contribution is 0.483. The Morgan fingerprint density at radius 3 is 1.67 bits per heavy atom. The molecule has 0 saturated carbocycles. The van der Waals surface area contributed by atoms with Gasteiger partial charge in [-0.3, -0.25) is 4.57 Å². The van der Waals surface area contributed by atoms with Crippen molar-refractivity contribution in [3.63, 3.8) is 0 Å². The van der Waals surface area contributed by atoms with Gasteiger partial charge >= 0.3 is 0 Å². The Morgan fingerprint density at radius 2 is 1.03 bits per heavy atom. The molecule has 5 heteroatoms. The van der Waals surface area contributed by atoms with Crippen LogP contribution in [0.2, 0.25) is 0 Å². The number of aromatic nitrogens is 2. The highest BCUT2D eigenvalue weighted by atomic mass is 16.5. The Bertz CT molecular complexity index is 3650. The summed E-state index contributed by atoms with van der Waals surface area (Å²) in [5, 5.41) is 2.32. The molecule has 2 aromatic heterocycles. The third-order valence-corrected chi connectivity index (χ3v) is 13.8. The summed E-state index contributed by atoms with van der Waals surface area (Å²) in [5.41, 5.74) is 18.3. The first-order valence-electron chi connectivity index (χ1n) is 24.1. The number of anilines is 4.